The molecule has 0 atom stereocenters. The van der Waals surface area contributed by atoms with E-state index < -0.39 is 0 Å². The monoisotopic (exact) mass is 712 g/mol. The minimum absolute atomic E-state index is 1.10. The molecule has 262 valence electrons. The van der Waals surface area contributed by atoms with Crippen molar-refractivity contribution in [3.05, 3.63) is 218 Å². The number of hydrogen-bond donors (Lipinski definition) is 0. The van der Waals surface area contributed by atoms with E-state index in [1.807, 2.05) is 0 Å². The van der Waals surface area contributed by atoms with Gasteiger partial charge in [-0.15, -0.1) is 0 Å². The molecule has 0 saturated carbocycles. The van der Waals surface area contributed by atoms with Crippen LogP contribution in [0.3, 0.4) is 0 Å². The van der Waals surface area contributed by atoms with Crippen molar-refractivity contribution in [2.75, 3.05) is 4.90 Å². The molecular formula is C54H36N2. The van der Waals surface area contributed by atoms with E-state index in [4.69, 9.17) is 0 Å². The second-order valence-electron chi connectivity index (χ2n) is 14.6. The normalized spacial score (nSPS) is 11.6. The van der Waals surface area contributed by atoms with Gasteiger partial charge < -0.3 is 9.47 Å². The molecule has 0 spiro atoms. The second-order valence-corrected chi connectivity index (χ2v) is 14.6. The van der Waals surface area contributed by atoms with Crippen molar-refractivity contribution >= 4 is 71.2 Å². The fraction of sp³-hybridized carbons (Fsp3) is 0. The molecule has 0 unspecified atom stereocenters. The molecule has 2 heteroatoms. The molecule has 10 aromatic carbocycles. The number of fused-ring (bicyclic) bond motifs is 7. The predicted octanol–water partition coefficient (Wildman–Crippen LogP) is 15.0. The first-order valence-corrected chi connectivity index (χ1v) is 19.3. The topological polar surface area (TPSA) is 8.17 Å². The van der Waals surface area contributed by atoms with Crippen LogP contribution in [-0.4, -0.2) is 4.57 Å². The molecule has 0 N–H and O–H groups in total. The van der Waals surface area contributed by atoms with E-state index >= 15 is 0 Å². The highest BCUT2D eigenvalue weighted by molar-refractivity contribution is 6.14. The number of hydrogen-bond acceptors (Lipinski definition) is 1. The van der Waals surface area contributed by atoms with Crippen molar-refractivity contribution in [3.63, 3.8) is 0 Å². The van der Waals surface area contributed by atoms with Crippen molar-refractivity contribution in [1.82, 2.24) is 4.57 Å². The van der Waals surface area contributed by atoms with Crippen LogP contribution in [-0.2, 0) is 0 Å². The minimum atomic E-state index is 1.10. The molecular weight excluding hydrogens is 677 g/mol. The Hall–Kier alpha value is -7.42. The van der Waals surface area contributed by atoms with Gasteiger partial charge in [-0.2, -0.15) is 0 Å². The zero-order chi connectivity index (χ0) is 37.0. The highest BCUT2D eigenvalue weighted by atomic mass is 15.1. The van der Waals surface area contributed by atoms with Crippen molar-refractivity contribution in [1.29, 1.82) is 0 Å². The SMILES string of the molecule is c1ccc(-c2ccccc2N(c2ccc(-c3ccc(-n4c5ccccc5c5cc6ccccc6cc54)cc3)cc2)c2ccc3c(ccc4ccccc43)c2)cc1. The number of aromatic nitrogens is 1. The molecule has 2 nitrogen and oxygen atoms in total. The predicted molar refractivity (Wildman–Crippen MR) is 239 cm³/mol. The van der Waals surface area contributed by atoms with Gasteiger partial charge in [-0.25, -0.2) is 0 Å². The second kappa shape index (κ2) is 13.2. The summed E-state index contributed by atoms with van der Waals surface area (Å²) >= 11 is 0. The van der Waals surface area contributed by atoms with Crippen molar-refractivity contribution in [3.8, 4) is 27.9 Å². The summed E-state index contributed by atoms with van der Waals surface area (Å²) in [4.78, 5) is 2.40. The first-order valence-electron chi connectivity index (χ1n) is 19.3. The molecule has 0 saturated heterocycles. The van der Waals surface area contributed by atoms with Crippen LogP contribution in [0.15, 0.2) is 218 Å². The van der Waals surface area contributed by atoms with E-state index in [-0.39, 0.29) is 0 Å². The molecule has 0 aliphatic heterocycles. The van der Waals surface area contributed by atoms with E-state index in [1.165, 1.54) is 76.4 Å². The number of benzene rings is 10. The van der Waals surface area contributed by atoms with Crippen LogP contribution in [0.2, 0.25) is 0 Å². The first-order chi connectivity index (χ1) is 27.8. The van der Waals surface area contributed by atoms with Gasteiger partial charge in [0, 0.05) is 33.4 Å². The molecule has 0 aliphatic rings. The van der Waals surface area contributed by atoms with E-state index in [1.54, 1.807) is 0 Å². The minimum Gasteiger partial charge on any atom is -0.310 e. The zero-order valence-electron chi connectivity index (χ0n) is 30.7. The maximum atomic E-state index is 2.40. The Morgan fingerprint density at radius 2 is 0.893 bits per heavy atom. The first kappa shape index (κ1) is 32.0. The largest absolute Gasteiger partial charge is 0.310 e. The maximum Gasteiger partial charge on any atom is 0.0547 e. The molecule has 1 heterocycles. The Morgan fingerprint density at radius 1 is 0.304 bits per heavy atom. The molecule has 0 radical (unpaired) electrons. The highest BCUT2D eigenvalue weighted by Crippen LogP contribution is 2.43. The number of anilines is 3. The lowest BCUT2D eigenvalue weighted by Crippen LogP contribution is -2.11. The average Bonchev–Trinajstić information content (AvgIpc) is 3.59. The van der Waals surface area contributed by atoms with Crippen LogP contribution in [0.25, 0.3) is 82.1 Å². The molecule has 11 rings (SSSR count). The Morgan fingerprint density at radius 3 is 1.70 bits per heavy atom. The molecule has 0 aliphatic carbocycles. The summed E-state index contributed by atoms with van der Waals surface area (Å²) in [6.07, 6.45) is 0. The van der Waals surface area contributed by atoms with E-state index in [9.17, 15) is 0 Å². The van der Waals surface area contributed by atoms with E-state index in [0.717, 1.165) is 22.7 Å². The number of rotatable bonds is 6. The summed E-state index contributed by atoms with van der Waals surface area (Å²) in [5, 5.41) is 10.1. The third kappa shape index (κ3) is 5.34. The van der Waals surface area contributed by atoms with Crippen LogP contribution in [0.1, 0.15) is 0 Å². The Balaban J connectivity index is 1.000. The summed E-state index contributed by atoms with van der Waals surface area (Å²) in [5.74, 6) is 0. The summed E-state index contributed by atoms with van der Waals surface area (Å²) in [6, 6.07) is 79.5. The molecule has 1 aromatic heterocycles. The standard InChI is InChI=1S/C54H36N2/c1-2-12-39(13-3-1)49-18-8-10-20-52(49)55(46-32-33-48-43(34-46)23-22-40-14-6-7-17-47(40)48)44-28-24-37(25-29-44)38-26-30-45(31-27-38)56-53-21-11-9-19-50(53)51-35-41-15-4-5-16-42(41)36-54(51)56/h1-36H. The third-order valence-electron chi connectivity index (χ3n) is 11.3. The fourth-order valence-electron chi connectivity index (χ4n) is 8.64. The number of nitrogens with zero attached hydrogens (tertiary/aromatic N) is 2. The zero-order valence-corrected chi connectivity index (χ0v) is 30.7. The summed E-state index contributed by atoms with van der Waals surface area (Å²) < 4.78 is 2.40. The van der Waals surface area contributed by atoms with Gasteiger partial charge in [0.15, 0.2) is 0 Å². The Kier molecular flexibility index (Phi) is 7.53. The third-order valence-corrected chi connectivity index (χ3v) is 11.3. The van der Waals surface area contributed by atoms with Gasteiger partial charge in [0.25, 0.3) is 0 Å². The van der Waals surface area contributed by atoms with Crippen molar-refractivity contribution < 1.29 is 0 Å². The number of para-hydroxylation sites is 2. The summed E-state index contributed by atoms with van der Waals surface area (Å²) in [6.45, 7) is 0. The van der Waals surface area contributed by atoms with Crippen LogP contribution in [0.5, 0.6) is 0 Å². The molecule has 0 amide bonds. The van der Waals surface area contributed by atoms with Crippen LogP contribution in [0.4, 0.5) is 17.1 Å². The lowest BCUT2D eigenvalue weighted by molar-refractivity contribution is 1.18. The van der Waals surface area contributed by atoms with Gasteiger partial charge in [-0.1, -0.05) is 158 Å². The fourth-order valence-corrected chi connectivity index (χ4v) is 8.64. The molecule has 56 heavy (non-hydrogen) atoms. The molecule has 11 aromatic rings. The smallest absolute Gasteiger partial charge is 0.0547 e. The van der Waals surface area contributed by atoms with Crippen LogP contribution < -0.4 is 4.90 Å². The van der Waals surface area contributed by atoms with Crippen LogP contribution in [0, 0.1) is 0 Å². The maximum absolute atomic E-state index is 2.40. The van der Waals surface area contributed by atoms with Gasteiger partial charge in [-0.3, -0.25) is 0 Å². The summed E-state index contributed by atoms with van der Waals surface area (Å²) in [7, 11) is 0. The Bertz CT molecular complexity index is 3230. The van der Waals surface area contributed by atoms with E-state index in [2.05, 4.69) is 228 Å². The average molecular weight is 713 g/mol. The van der Waals surface area contributed by atoms with Gasteiger partial charge in [0.1, 0.15) is 0 Å². The molecule has 0 fully saturated rings. The lowest BCUT2D eigenvalue weighted by atomic mass is 9.99. The van der Waals surface area contributed by atoms with E-state index in [0.29, 0.717) is 0 Å². The highest BCUT2D eigenvalue weighted by Gasteiger charge is 2.18. The van der Waals surface area contributed by atoms with Gasteiger partial charge >= 0.3 is 0 Å². The van der Waals surface area contributed by atoms with Crippen molar-refractivity contribution in [2.45, 2.75) is 0 Å². The van der Waals surface area contributed by atoms with Crippen molar-refractivity contribution in [2.24, 2.45) is 0 Å². The summed E-state index contributed by atoms with van der Waals surface area (Å²) in [5.41, 5.74) is 11.7. The van der Waals surface area contributed by atoms with Gasteiger partial charge in [-0.05, 0) is 110 Å². The Labute approximate surface area is 325 Å². The molecule has 0 bridgehead atoms. The van der Waals surface area contributed by atoms with Crippen LogP contribution >= 0.6 is 0 Å². The quantitative estimate of drug-likeness (QED) is 0.156. The van der Waals surface area contributed by atoms with Gasteiger partial charge in [0.05, 0.1) is 16.7 Å². The lowest BCUT2D eigenvalue weighted by Gasteiger charge is -2.28. The van der Waals surface area contributed by atoms with Gasteiger partial charge in [0.2, 0.25) is 0 Å².